The Morgan fingerprint density at radius 2 is 2.21 bits per heavy atom. The Kier molecular flexibility index (Phi) is 5.92. The molecular formula is C21H24N4O3S. The highest BCUT2D eigenvalue weighted by atomic mass is 32.1. The van der Waals surface area contributed by atoms with Crippen molar-refractivity contribution in [3.63, 3.8) is 0 Å². The molecule has 1 aliphatic heterocycles. The van der Waals surface area contributed by atoms with Gasteiger partial charge in [0.15, 0.2) is 0 Å². The highest BCUT2D eigenvalue weighted by molar-refractivity contribution is 7.12. The van der Waals surface area contributed by atoms with Crippen LogP contribution in [0.1, 0.15) is 41.1 Å². The van der Waals surface area contributed by atoms with E-state index in [4.69, 9.17) is 9.47 Å². The predicted molar refractivity (Wildman–Crippen MR) is 112 cm³/mol. The molecule has 0 radical (unpaired) electrons. The maximum absolute atomic E-state index is 12.7. The van der Waals surface area contributed by atoms with Crippen LogP contribution in [-0.2, 0) is 4.74 Å². The summed E-state index contributed by atoms with van der Waals surface area (Å²) in [5, 5.41) is 9.73. The van der Waals surface area contributed by atoms with Gasteiger partial charge in [0.25, 0.3) is 5.91 Å². The summed E-state index contributed by atoms with van der Waals surface area (Å²) in [5.74, 6) is 0.350. The first-order chi connectivity index (χ1) is 14.1. The van der Waals surface area contributed by atoms with Gasteiger partial charge in [-0.05, 0) is 51.3 Å². The van der Waals surface area contributed by atoms with E-state index < -0.39 is 0 Å². The van der Waals surface area contributed by atoms with E-state index in [1.807, 2.05) is 44.2 Å². The highest BCUT2D eigenvalue weighted by Gasteiger charge is 2.18. The number of nitrogens with one attached hydrogen (secondary N) is 1. The monoisotopic (exact) mass is 412 g/mol. The lowest BCUT2D eigenvalue weighted by atomic mass is 10.1. The van der Waals surface area contributed by atoms with Gasteiger partial charge in [-0.2, -0.15) is 5.10 Å². The third-order valence-electron chi connectivity index (χ3n) is 4.75. The Balaban J connectivity index is 1.44. The van der Waals surface area contributed by atoms with Gasteiger partial charge in [-0.3, -0.25) is 4.79 Å². The number of thiazole rings is 1. The number of para-hydroxylation sites is 2. The molecule has 1 fully saturated rings. The minimum atomic E-state index is -0.279. The summed E-state index contributed by atoms with van der Waals surface area (Å²) in [7, 11) is 0. The molecule has 1 N–H and O–H groups in total. The van der Waals surface area contributed by atoms with Crippen molar-refractivity contribution in [2.75, 3.05) is 18.5 Å². The lowest BCUT2D eigenvalue weighted by Crippen LogP contribution is -2.26. The lowest BCUT2D eigenvalue weighted by Gasteiger charge is -2.23. The summed E-state index contributed by atoms with van der Waals surface area (Å²) in [4.78, 5) is 17.2. The molecule has 1 amide bonds. The van der Waals surface area contributed by atoms with Crippen molar-refractivity contribution in [1.82, 2.24) is 14.8 Å². The fourth-order valence-corrected chi connectivity index (χ4v) is 4.10. The van der Waals surface area contributed by atoms with E-state index in [2.05, 4.69) is 15.4 Å². The van der Waals surface area contributed by atoms with Gasteiger partial charge >= 0.3 is 0 Å². The van der Waals surface area contributed by atoms with Gasteiger partial charge in [0.05, 0.1) is 17.5 Å². The minimum Gasteiger partial charge on any atom is -0.489 e. The number of aromatic nitrogens is 3. The van der Waals surface area contributed by atoms with Crippen molar-refractivity contribution in [3.05, 3.63) is 52.8 Å². The second-order valence-electron chi connectivity index (χ2n) is 7.10. The number of carbonyl (C=O) groups excluding carboxylic acids is 1. The molecule has 0 spiro atoms. The van der Waals surface area contributed by atoms with Crippen LogP contribution in [0, 0.1) is 13.8 Å². The normalized spacial score (nSPS) is 16.6. The average Bonchev–Trinajstić information content (AvgIpc) is 3.34. The summed E-state index contributed by atoms with van der Waals surface area (Å²) >= 11 is 1.38. The Morgan fingerprint density at radius 3 is 2.97 bits per heavy atom. The second kappa shape index (κ2) is 8.75. The van der Waals surface area contributed by atoms with Crippen LogP contribution in [-0.4, -0.2) is 40.0 Å². The number of aryl methyl sites for hydroxylation is 2. The van der Waals surface area contributed by atoms with Crippen LogP contribution in [0.3, 0.4) is 0 Å². The summed E-state index contributed by atoms with van der Waals surface area (Å²) in [6.45, 7) is 5.16. The molecule has 1 aromatic carbocycles. The van der Waals surface area contributed by atoms with Crippen LogP contribution >= 0.6 is 11.3 Å². The van der Waals surface area contributed by atoms with E-state index in [0.717, 1.165) is 37.3 Å². The van der Waals surface area contributed by atoms with Gasteiger partial charge in [0, 0.05) is 17.7 Å². The third kappa shape index (κ3) is 4.65. The van der Waals surface area contributed by atoms with Crippen molar-refractivity contribution in [3.8, 4) is 10.9 Å². The van der Waals surface area contributed by atoms with E-state index >= 15 is 0 Å². The summed E-state index contributed by atoms with van der Waals surface area (Å²) in [6, 6.07) is 9.40. The number of benzene rings is 1. The lowest BCUT2D eigenvalue weighted by molar-refractivity contribution is -0.0109. The van der Waals surface area contributed by atoms with Crippen LogP contribution in [0.4, 0.5) is 5.69 Å². The van der Waals surface area contributed by atoms with Gasteiger partial charge < -0.3 is 14.8 Å². The fraction of sp³-hybridized carbons (Fsp3) is 0.381. The number of hydrogen-bond donors (Lipinski definition) is 1. The van der Waals surface area contributed by atoms with Crippen LogP contribution in [0.15, 0.2) is 35.7 Å². The zero-order valence-electron chi connectivity index (χ0n) is 16.6. The van der Waals surface area contributed by atoms with Crippen LogP contribution in [0.2, 0.25) is 0 Å². The first-order valence-corrected chi connectivity index (χ1v) is 10.6. The molecule has 29 heavy (non-hydrogen) atoms. The topological polar surface area (TPSA) is 78.3 Å². The molecule has 3 heterocycles. The van der Waals surface area contributed by atoms with Gasteiger partial charge in [-0.15, -0.1) is 11.3 Å². The van der Waals surface area contributed by atoms with Crippen molar-refractivity contribution >= 4 is 22.9 Å². The number of carbonyl (C=O) groups is 1. The molecule has 1 saturated heterocycles. The number of rotatable bonds is 6. The Bertz CT molecular complexity index is 991. The van der Waals surface area contributed by atoms with E-state index in [-0.39, 0.29) is 12.0 Å². The summed E-state index contributed by atoms with van der Waals surface area (Å²) in [5.41, 5.74) is 2.86. The predicted octanol–water partition coefficient (Wildman–Crippen LogP) is 4.15. The molecule has 8 heteroatoms. The average molecular weight is 413 g/mol. The largest absolute Gasteiger partial charge is 0.489 e. The molecule has 1 atom stereocenters. The summed E-state index contributed by atoms with van der Waals surface area (Å²) < 4.78 is 13.4. The molecule has 4 rings (SSSR count). The van der Waals surface area contributed by atoms with Gasteiger partial charge in [-0.25, -0.2) is 9.67 Å². The molecule has 0 saturated carbocycles. The van der Waals surface area contributed by atoms with E-state index in [9.17, 15) is 4.79 Å². The highest BCUT2D eigenvalue weighted by Crippen LogP contribution is 2.26. The third-order valence-corrected chi connectivity index (χ3v) is 5.57. The fourth-order valence-electron chi connectivity index (χ4n) is 3.29. The number of ether oxygens (including phenoxy) is 2. The molecule has 1 aliphatic rings. The maximum atomic E-state index is 12.7. The summed E-state index contributed by atoms with van der Waals surface area (Å²) in [6.07, 6.45) is 3.38. The van der Waals surface area contributed by atoms with Crippen molar-refractivity contribution in [2.24, 2.45) is 0 Å². The van der Waals surface area contributed by atoms with E-state index in [0.29, 0.717) is 28.9 Å². The number of anilines is 1. The van der Waals surface area contributed by atoms with Crippen LogP contribution in [0.5, 0.6) is 5.75 Å². The maximum Gasteiger partial charge on any atom is 0.275 e. The number of hydrogen-bond acceptors (Lipinski definition) is 6. The molecular weight excluding hydrogens is 388 g/mol. The zero-order chi connectivity index (χ0) is 20.2. The zero-order valence-corrected chi connectivity index (χ0v) is 17.4. The van der Waals surface area contributed by atoms with Crippen LogP contribution in [0.25, 0.3) is 5.13 Å². The van der Waals surface area contributed by atoms with E-state index in [1.54, 1.807) is 10.1 Å². The first-order valence-electron chi connectivity index (χ1n) is 9.74. The SMILES string of the molecule is Cc1cc(C)n(-c2nc(C(=O)Nc3ccccc3OC[C@H]3CCCCO3)cs2)n1. The van der Waals surface area contributed by atoms with Gasteiger partial charge in [0.2, 0.25) is 5.13 Å². The standard InChI is InChI=1S/C21H24N4O3S/c1-14-11-15(2)25(24-14)21-23-18(13-29-21)20(26)22-17-8-3-4-9-19(17)28-12-16-7-5-6-10-27-16/h3-4,8-9,11,13,16H,5-7,10,12H2,1-2H3,(H,22,26)/t16-/m1/s1. The van der Waals surface area contributed by atoms with Crippen molar-refractivity contribution in [1.29, 1.82) is 0 Å². The van der Waals surface area contributed by atoms with Crippen molar-refractivity contribution in [2.45, 2.75) is 39.2 Å². The molecule has 0 unspecified atom stereocenters. The molecule has 152 valence electrons. The van der Waals surface area contributed by atoms with Crippen LogP contribution < -0.4 is 10.1 Å². The number of amides is 1. The quantitative estimate of drug-likeness (QED) is 0.658. The molecule has 0 bridgehead atoms. The first kappa shape index (κ1) is 19.6. The Morgan fingerprint density at radius 1 is 1.34 bits per heavy atom. The van der Waals surface area contributed by atoms with E-state index in [1.165, 1.54) is 11.3 Å². The smallest absolute Gasteiger partial charge is 0.275 e. The second-order valence-corrected chi connectivity index (χ2v) is 7.94. The Labute approximate surface area is 173 Å². The van der Waals surface area contributed by atoms with Gasteiger partial charge in [-0.1, -0.05) is 12.1 Å². The molecule has 7 nitrogen and oxygen atoms in total. The molecule has 3 aromatic rings. The number of nitrogens with zero attached hydrogens (tertiary/aromatic N) is 3. The van der Waals surface area contributed by atoms with Crippen molar-refractivity contribution < 1.29 is 14.3 Å². The molecule has 0 aliphatic carbocycles. The Hall–Kier alpha value is -2.71. The van der Waals surface area contributed by atoms with Gasteiger partial charge in [0.1, 0.15) is 18.1 Å². The minimum absolute atomic E-state index is 0.106. The molecule has 2 aromatic heterocycles.